The predicted octanol–water partition coefficient (Wildman–Crippen LogP) is 0.443. The second-order valence-electron chi connectivity index (χ2n) is 5.88. The van der Waals surface area contributed by atoms with Gasteiger partial charge in [0, 0.05) is 19.6 Å². The fraction of sp³-hybridized carbons (Fsp3) is 0.917. The van der Waals surface area contributed by atoms with Crippen molar-refractivity contribution in [2.24, 2.45) is 5.92 Å². The Morgan fingerprint density at radius 1 is 1.37 bits per heavy atom. The maximum Gasteiger partial charge on any atom is 0.227 e. The van der Waals surface area contributed by atoms with E-state index in [1.165, 1.54) is 0 Å². The first kappa shape index (κ1) is 16.7. The first-order valence-electron chi connectivity index (χ1n) is 6.55. The van der Waals surface area contributed by atoms with Gasteiger partial charge >= 0.3 is 0 Å². The molecule has 19 heavy (non-hydrogen) atoms. The van der Waals surface area contributed by atoms with Crippen LogP contribution in [0.4, 0.5) is 0 Å². The molecule has 2 fully saturated rings. The van der Waals surface area contributed by atoms with Crippen LogP contribution >= 0.6 is 12.4 Å². The van der Waals surface area contributed by atoms with E-state index in [1.54, 1.807) is 18.7 Å². The Morgan fingerprint density at radius 2 is 2.05 bits per heavy atom. The highest BCUT2D eigenvalue weighted by Crippen LogP contribution is 2.25. The van der Waals surface area contributed by atoms with Crippen LogP contribution in [0.2, 0.25) is 0 Å². The molecule has 0 bridgehead atoms. The third-order valence-corrected chi connectivity index (χ3v) is 6.53. The van der Waals surface area contributed by atoms with Crippen LogP contribution in [0.3, 0.4) is 0 Å². The SMILES string of the molecule is CC1(C)CN(C(=O)C2CCCNC2)CCS1(=O)=O.Cl. The molecule has 1 N–H and O–H groups in total. The highest BCUT2D eigenvalue weighted by molar-refractivity contribution is 7.92. The number of rotatable bonds is 1. The van der Waals surface area contributed by atoms with Crippen molar-refractivity contribution in [2.75, 3.05) is 31.9 Å². The number of hydrogen-bond donors (Lipinski definition) is 1. The second-order valence-corrected chi connectivity index (χ2v) is 8.62. The Balaban J connectivity index is 0.00000180. The molecular weight excluding hydrogens is 288 g/mol. The standard InChI is InChI=1S/C12H22N2O3S.ClH/c1-12(2)9-14(6-7-18(12,16)17)11(15)10-4-3-5-13-8-10;/h10,13H,3-9H2,1-2H3;1H. The molecule has 0 saturated carbocycles. The average Bonchev–Trinajstić information content (AvgIpc) is 2.33. The van der Waals surface area contributed by atoms with Crippen LogP contribution in [0.25, 0.3) is 0 Å². The molecule has 0 aromatic heterocycles. The number of halogens is 1. The molecule has 1 unspecified atom stereocenters. The lowest BCUT2D eigenvalue weighted by atomic mass is 9.97. The Kier molecular flexibility index (Phi) is 5.26. The van der Waals surface area contributed by atoms with Gasteiger partial charge in [0.15, 0.2) is 9.84 Å². The van der Waals surface area contributed by atoms with Gasteiger partial charge in [0.05, 0.1) is 16.4 Å². The summed E-state index contributed by atoms with van der Waals surface area (Å²) in [5.41, 5.74) is 0. The monoisotopic (exact) mass is 310 g/mol. The first-order valence-corrected chi connectivity index (χ1v) is 8.20. The van der Waals surface area contributed by atoms with Gasteiger partial charge in [-0.05, 0) is 33.2 Å². The van der Waals surface area contributed by atoms with Crippen LogP contribution in [0, 0.1) is 5.92 Å². The molecule has 0 aliphatic carbocycles. The molecule has 2 saturated heterocycles. The minimum Gasteiger partial charge on any atom is -0.340 e. The molecule has 5 nitrogen and oxygen atoms in total. The van der Waals surface area contributed by atoms with E-state index >= 15 is 0 Å². The van der Waals surface area contributed by atoms with Crippen LogP contribution in [0.5, 0.6) is 0 Å². The van der Waals surface area contributed by atoms with Gasteiger partial charge < -0.3 is 10.2 Å². The third kappa shape index (κ3) is 3.41. The molecule has 1 amide bonds. The molecule has 1 atom stereocenters. The molecule has 0 aromatic rings. The van der Waals surface area contributed by atoms with Crippen molar-refractivity contribution in [3.63, 3.8) is 0 Å². The number of piperidine rings is 1. The summed E-state index contributed by atoms with van der Waals surface area (Å²) >= 11 is 0. The van der Waals surface area contributed by atoms with Gasteiger partial charge in [-0.3, -0.25) is 4.79 Å². The highest BCUT2D eigenvalue weighted by Gasteiger charge is 2.42. The number of hydrogen-bond acceptors (Lipinski definition) is 4. The Hall–Kier alpha value is -0.330. The number of carbonyl (C=O) groups is 1. The van der Waals surface area contributed by atoms with E-state index in [9.17, 15) is 13.2 Å². The summed E-state index contributed by atoms with van der Waals surface area (Å²) in [7, 11) is -3.07. The molecule has 2 aliphatic heterocycles. The fourth-order valence-corrected chi connectivity index (χ4v) is 4.02. The number of sulfone groups is 1. The van der Waals surface area contributed by atoms with E-state index in [4.69, 9.17) is 0 Å². The lowest BCUT2D eigenvalue weighted by Gasteiger charge is -2.39. The molecule has 2 rings (SSSR count). The van der Waals surface area contributed by atoms with Gasteiger partial charge in [0.2, 0.25) is 5.91 Å². The van der Waals surface area contributed by atoms with Crippen LogP contribution < -0.4 is 5.32 Å². The fourth-order valence-electron chi connectivity index (χ4n) is 2.65. The van der Waals surface area contributed by atoms with E-state index in [-0.39, 0.29) is 30.0 Å². The largest absolute Gasteiger partial charge is 0.340 e. The minimum atomic E-state index is -3.07. The van der Waals surface area contributed by atoms with Gasteiger partial charge in [0.1, 0.15) is 0 Å². The van der Waals surface area contributed by atoms with E-state index in [0.29, 0.717) is 13.1 Å². The summed E-state index contributed by atoms with van der Waals surface area (Å²) in [6, 6.07) is 0. The zero-order chi connectivity index (χ0) is 13.4. The summed E-state index contributed by atoms with van der Waals surface area (Å²) in [6.45, 7) is 5.79. The maximum atomic E-state index is 12.3. The smallest absolute Gasteiger partial charge is 0.227 e. The lowest BCUT2D eigenvalue weighted by molar-refractivity contribution is -0.136. The lowest BCUT2D eigenvalue weighted by Crippen LogP contribution is -2.56. The summed E-state index contributed by atoms with van der Waals surface area (Å²) in [6.07, 6.45) is 1.93. The zero-order valence-corrected chi connectivity index (χ0v) is 13.1. The van der Waals surface area contributed by atoms with E-state index in [2.05, 4.69) is 5.32 Å². The highest BCUT2D eigenvalue weighted by atomic mass is 35.5. The zero-order valence-electron chi connectivity index (χ0n) is 11.5. The molecule has 0 spiro atoms. The van der Waals surface area contributed by atoms with Gasteiger partial charge in [-0.15, -0.1) is 12.4 Å². The van der Waals surface area contributed by atoms with Crippen molar-refractivity contribution in [1.82, 2.24) is 10.2 Å². The van der Waals surface area contributed by atoms with Crippen molar-refractivity contribution < 1.29 is 13.2 Å². The Bertz CT molecular complexity index is 430. The van der Waals surface area contributed by atoms with Crippen LogP contribution in [-0.4, -0.2) is 55.9 Å². The summed E-state index contributed by atoms with van der Waals surface area (Å²) in [5.74, 6) is 0.229. The van der Waals surface area contributed by atoms with Crippen molar-refractivity contribution in [1.29, 1.82) is 0 Å². The van der Waals surface area contributed by atoms with Gasteiger partial charge in [-0.25, -0.2) is 8.42 Å². The molecule has 2 aliphatic rings. The molecule has 112 valence electrons. The number of carbonyl (C=O) groups excluding carboxylic acids is 1. The molecule has 0 radical (unpaired) electrons. The number of amides is 1. The van der Waals surface area contributed by atoms with Crippen LogP contribution in [0.1, 0.15) is 26.7 Å². The molecule has 0 aromatic carbocycles. The second kappa shape index (κ2) is 5.97. The third-order valence-electron chi connectivity index (χ3n) is 4.00. The molecular formula is C12H23ClN2O3S. The summed E-state index contributed by atoms with van der Waals surface area (Å²) in [5, 5.41) is 3.23. The number of nitrogens with zero attached hydrogens (tertiary/aromatic N) is 1. The average molecular weight is 311 g/mol. The minimum absolute atomic E-state index is 0. The van der Waals surface area contributed by atoms with Crippen molar-refractivity contribution in [2.45, 2.75) is 31.4 Å². The summed E-state index contributed by atoms with van der Waals surface area (Å²) < 4.78 is 23.0. The van der Waals surface area contributed by atoms with Gasteiger partial charge in [0.25, 0.3) is 0 Å². The van der Waals surface area contributed by atoms with Crippen molar-refractivity contribution in [3.05, 3.63) is 0 Å². The molecule has 2 heterocycles. The Morgan fingerprint density at radius 3 is 2.58 bits per heavy atom. The maximum absolute atomic E-state index is 12.3. The quantitative estimate of drug-likeness (QED) is 0.763. The van der Waals surface area contributed by atoms with E-state index < -0.39 is 14.6 Å². The topological polar surface area (TPSA) is 66.5 Å². The van der Waals surface area contributed by atoms with Crippen molar-refractivity contribution in [3.8, 4) is 0 Å². The number of nitrogens with one attached hydrogen (secondary N) is 1. The van der Waals surface area contributed by atoms with Crippen molar-refractivity contribution >= 4 is 28.2 Å². The normalized spacial score (nSPS) is 29.4. The van der Waals surface area contributed by atoms with Crippen LogP contribution in [-0.2, 0) is 14.6 Å². The molecule has 7 heteroatoms. The van der Waals surface area contributed by atoms with Gasteiger partial charge in [-0.2, -0.15) is 0 Å². The van der Waals surface area contributed by atoms with E-state index in [1.807, 2.05) is 0 Å². The van der Waals surface area contributed by atoms with E-state index in [0.717, 1.165) is 25.9 Å². The van der Waals surface area contributed by atoms with Gasteiger partial charge in [-0.1, -0.05) is 0 Å². The van der Waals surface area contributed by atoms with Crippen LogP contribution in [0.15, 0.2) is 0 Å². The predicted molar refractivity (Wildman–Crippen MR) is 77.3 cm³/mol. The summed E-state index contributed by atoms with van der Waals surface area (Å²) in [4.78, 5) is 14.1. The first-order chi connectivity index (χ1) is 8.33. The Labute approximate surface area is 121 Å².